The summed E-state index contributed by atoms with van der Waals surface area (Å²) in [4.78, 5) is 15.6. The van der Waals surface area contributed by atoms with Crippen LogP contribution in [0.15, 0.2) is 36.4 Å². The number of benzene rings is 2. The molecule has 11 heteroatoms. The van der Waals surface area contributed by atoms with Gasteiger partial charge in [-0.05, 0) is 66.8 Å². The number of hydrogen-bond donors (Lipinski definition) is 1. The Kier molecular flexibility index (Phi) is 7.16. The molecule has 0 spiro atoms. The Bertz CT molecular complexity index is 1020. The van der Waals surface area contributed by atoms with Crippen molar-refractivity contribution in [2.45, 2.75) is 50.8 Å². The van der Waals surface area contributed by atoms with Crippen molar-refractivity contribution in [3.05, 3.63) is 70.0 Å². The lowest BCUT2D eigenvalue weighted by Gasteiger charge is -2.40. The highest BCUT2D eigenvalue weighted by atomic mass is 19.4. The van der Waals surface area contributed by atoms with Crippen LogP contribution in [-0.2, 0) is 18.9 Å². The Labute approximate surface area is 191 Å². The van der Waals surface area contributed by atoms with Gasteiger partial charge in [-0.25, -0.2) is 9.18 Å². The van der Waals surface area contributed by atoms with E-state index in [1.807, 2.05) is 0 Å². The molecular weight excluding hydrogens is 469 g/mol. The van der Waals surface area contributed by atoms with Crippen molar-refractivity contribution in [1.82, 2.24) is 9.80 Å². The van der Waals surface area contributed by atoms with Gasteiger partial charge in [-0.15, -0.1) is 0 Å². The van der Waals surface area contributed by atoms with Gasteiger partial charge in [0, 0.05) is 20.1 Å². The van der Waals surface area contributed by atoms with E-state index in [9.17, 15) is 40.6 Å². The second-order valence-corrected chi connectivity index (χ2v) is 8.44. The van der Waals surface area contributed by atoms with E-state index in [0.717, 1.165) is 4.90 Å². The summed E-state index contributed by atoms with van der Waals surface area (Å²) in [6.07, 6.45) is -10.3. The number of aliphatic hydroxyl groups is 1. The van der Waals surface area contributed by atoms with Gasteiger partial charge in [0.15, 0.2) is 0 Å². The van der Waals surface area contributed by atoms with E-state index in [-0.39, 0.29) is 31.0 Å². The third kappa shape index (κ3) is 5.81. The van der Waals surface area contributed by atoms with Gasteiger partial charge in [-0.2, -0.15) is 26.3 Å². The molecule has 3 rings (SSSR count). The van der Waals surface area contributed by atoms with Crippen molar-refractivity contribution >= 4 is 6.03 Å². The number of piperidine rings is 1. The van der Waals surface area contributed by atoms with Gasteiger partial charge in [0.05, 0.1) is 23.3 Å². The molecule has 0 aromatic heterocycles. The highest BCUT2D eigenvalue weighted by Gasteiger charge is 2.38. The van der Waals surface area contributed by atoms with Crippen LogP contribution in [0.2, 0.25) is 0 Å². The van der Waals surface area contributed by atoms with Crippen LogP contribution >= 0.6 is 0 Å². The Morgan fingerprint density at radius 1 is 1.06 bits per heavy atom. The molecule has 0 aliphatic carbocycles. The van der Waals surface area contributed by atoms with Gasteiger partial charge >= 0.3 is 18.4 Å². The predicted octanol–water partition coefficient (Wildman–Crippen LogP) is 5.92. The lowest BCUT2D eigenvalue weighted by atomic mass is 9.91. The zero-order valence-corrected chi connectivity index (χ0v) is 18.3. The van der Waals surface area contributed by atoms with Crippen LogP contribution in [0.4, 0.5) is 35.5 Å². The van der Waals surface area contributed by atoms with E-state index in [2.05, 4.69) is 0 Å². The maximum absolute atomic E-state index is 13.6. The molecule has 186 valence electrons. The number of carbonyl (C=O) groups is 1. The monoisotopic (exact) mass is 492 g/mol. The van der Waals surface area contributed by atoms with Crippen molar-refractivity contribution in [1.29, 1.82) is 0 Å². The first-order valence-corrected chi connectivity index (χ1v) is 10.4. The van der Waals surface area contributed by atoms with Gasteiger partial charge in [0.2, 0.25) is 0 Å². The fourth-order valence-corrected chi connectivity index (χ4v) is 4.15. The summed E-state index contributed by atoms with van der Waals surface area (Å²) in [5, 5.41) is 10.1. The molecule has 0 bridgehead atoms. The lowest BCUT2D eigenvalue weighted by molar-refractivity contribution is -0.143. The maximum atomic E-state index is 13.6. The smallest absolute Gasteiger partial charge is 0.393 e. The van der Waals surface area contributed by atoms with E-state index in [1.165, 1.54) is 30.1 Å². The molecular formula is C23H23F7N2O2. The van der Waals surface area contributed by atoms with Crippen LogP contribution in [0.25, 0.3) is 0 Å². The predicted molar refractivity (Wildman–Crippen MR) is 109 cm³/mol. The highest BCUT2D eigenvalue weighted by molar-refractivity contribution is 5.75. The minimum atomic E-state index is -4.99. The van der Waals surface area contributed by atoms with Gasteiger partial charge in [0.25, 0.3) is 0 Å². The van der Waals surface area contributed by atoms with E-state index in [1.54, 1.807) is 6.92 Å². The van der Waals surface area contributed by atoms with Gasteiger partial charge in [-0.1, -0.05) is 6.07 Å². The molecule has 0 unspecified atom stereocenters. The molecule has 2 aromatic carbocycles. The number of aliphatic hydroxyl groups excluding tert-OH is 1. The van der Waals surface area contributed by atoms with Gasteiger partial charge in [0.1, 0.15) is 5.82 Å². The van der Waals surface area contributed by atoms with E-state index in [4.69, 9.17) is 0 Å². The van der Waals surface area contributed by atoms with Crippen LogP contribution in [-0.4, -0.2) is 40.6 Å². The Morgan fingerprint density at radius 3 is 2.18 bits per heavy atom. The van der Waals surface area contributed by atoms with Crippen LogP contribution in [0, 0.1) is 12.7 Å². The number of halogens is 7. The van der Waals surface area contributed by atoms with Crippen LogP contribution < -0.4 is 0 Å². The largest absolute Gasteiger partial charge is 0.416 e. The van der Waals surface area contributed by atoms with Crippen LogP contribution in [0.3, 0.4) is 0 Å². The minimum absolute atomic E-state index is 0.0324. The number of amides is 2. The van der Waals surface area contributed by atoms with Crippen LogP contribution in [0.1, 0.15) is 46.7 Å². The van der Waals surface area contributed by atoms with Crippen molar-refractivity contribution in [3.8, 4) is 0 Å². The summed E-state index contributed by atoms with van der Waals surface area (Å²) in [6, 6.07) is 3.93. The number of nitrogens with zero attached hydrogens (tertiary/aromatic N) is 2. The minimum Gasteiger partial charge on any atom is -0.393 e. The molecule has 1 aliphatic heterocycles. The molecule has 1 N–H and O–H groups in total. The third-order valence-electron chi connectivity index (χ3n) is 5.81. The first-order chi connectivity index (χ1) is 15.7. The van der Waals surface area contributed by atoms with E-state index < -0.39 is 54.0 Å². The number of aryl methyl sites for hydroxylation is 1. The Hall–Kier alpha value is -2.82. The number of likely N-dealkylation sites (tertiary alicyclic amines) is 1. The van der Waals surface area contributed by atoms with Crippen molar-refractivity contribution in [2.24, 2.45) is 0 Å². The average molecular weight is 492 g/mol. The Balaban J connectivity index is 1.89. The molecule has 2 amide bonds. The third-order valence-corrected chi connectivity index (χ3v) is 5.81. The first-order valence-electron chi connectivity index (χ1n) is 10.4. The van der Waals surface area contributed by atoms with Crippen molar-refractivity contribution in [2.75, 3.05) is 13.6 Å². The molecule has 1 saturated heterocycles. The summed E-state index contributed by atoms with van der Waals surface area (Å²) in [6.45, 7) is 1.26. The summed E-state index contributed by atoms with van der Waals surface area (Å²) < 4.78 is 92.5. The molecule has 0 radical (unpaired) electrons. The SMILES string of the molecule is Cc1cc(F)ccc1[C@@H]1C[C@H](O)CCN1C(=O)N(C)Cc1cc(C(F)(F)F)cc(C(F)(F)F)c1. The lowest BCUT2D eigenvalue weighted by Crippen LogP contribution is -2.47. The zero-order chi connectivity index (χ0) is 25.4. The quantitative estimate of drug-likeness (QED) is 0.541. The van der Waals surface area contributed by atoms with Gasteiger partial charge < -0.3 is 14.9 Å². The standard InChI is InChI=1S/C23H23F7N2O2/c1-13-7-17(24)3-4-19(13)20-11-18(33)5-6-32(20)21(34)31(2)12-14-8-15(22(25,26)27)10-16(9-14)23(28,29)30/h3-4,7-10,18,20,33H,5-6,11-12H2,1-2H3/t18-,20+/m1/s1. The Morgan fingerprint density at radius 2 is 1.65 bits per heavy atom. The molecule has 2 aromatic rings. The van der Waals surface area contributed by atoms with Crippen molar-refractivity contribution in [3.63, 3.8) is 0 Å². The number of hydrogen-bond acceptors (Lipinski definition) is 2. The van der Waals surface area contributed by atoms with E-state index in [0.29, 0.717) is 23.3 Å². The molecule has 1 fully saturated rings. The number of carbonyl (C=O) groups excluding carboxylic acids is 1. The summed E-state index contributed by atoms with van der Waals surface area (Å²) in [5.74, 6) is -0.474. The van der Waals surface area contributed by atoms with Crippen LogP contribution in [0.5, 0.6) is 0 Å². The first kappa shape index (κ1) is 25.8. The fraction of sp³-hybridized carbons (Fsp3) is 0.435. The number of rotatable bonds is 3. The molecule has 2 atom stereocenters. The summed E-state index contributed by atoms with van der Waals surface area (Å²) in [5.41, 5.74) is -2.10. The second kappa shape index (κ2) is 9.44. The average Bonchev–Trinajstić information content (AvgIpc) is 2.71. The fourth-order valence-electron chi connectivity index (χ4n) is 4.15. The molecule has 34 heavy (non-hydrogen) atoms. The second-order valence-electron chi connectivity index (χ2n) is 8.44. The maximum Gasteiger partial charge on any atom is 0.416 e. The van der Waals surface area contributed by atoms with E-state index >= 15 is 0 Å². The number of alkyl halides is 6. The molecule has 1 aliphatic rings. The van der Waals surface area contributed by atoms with Gasteiger partial charge in [-0.3, -0.25) is 0 Å². The highest BCUT2D eigenvalue weighted by Crippen LogP contribution is 2.37. The normalized spacial score (nSPS) is 19.3. The zero-order valence-electron chi connectivity index (χ0n) is 18.3. The summed E-state index contributed by atoms with van der Waals surface area (Å²) in [7, 11) is 1.27. The number of urea groups is 1. The molecule has 1 heterocycles. The summed E-state index contributed by atoms with van der Waals surface area (Å²) >= 11 is 0. The van der Waals surface area contributed by atoms with Crippen molar-refractivity contribution < 1.29 is 40.6 Å². The molecule has 0 saturated carbocycles. The molecule has 4 nitrogen and oxygen atoms in total. The topological polar surface area (TPSA) is 43.8 Å².